The molecule has 1 amide bonds. The molecule has 0 atom stereocenters. The van der Waals surface area contributed by atoms with Crippen LogP contribution >= 0.6 is 0 Å². The SMILES string of the molecule is CN(CCc1ccncc1)C(=O)c1ccc(NCc2ccccn2)cn1. The highest BCUT2D eigenvalue weighted by molar-refractivity contribution is 5.92. The lowest BCUT2D eigenvalue weighted by Crippen LogP contribution is -2.29. The Hall–Kier alpha value is -3.28. The fraction of sp³-hybridized carbons (Fsp3) is 0.200. The van der Waals surface area contributed by atoms with Crippen molar-refractivity contribution in [3.8, 4) is 0 Å². The normalized spacial score (nSPS) is 10.3. The topological polar surface area (TPSA) is 71.0 Å². The molecule has 6 nitrogen and oxygen atoms in total. The molecule has 3 rings (SSSR count). The van der Waals surface area contributed by atoms with E-state index in [9.17, 15) is 4.79 Å². The van der Waals surface area contributed by atoms with Crippen molar-refractivity contribution in [3.05, 3.63) is 84.2 Å². The number of pyridine rings is 3. The van der Waals surface area contributed by atoms with Gasteiger partial charge < -0.3 is 10.2 Å². The molecule has 0 bridgehead atoms. The second-order valence-corrected chi connectivity index (χ2v) is 5.94. The minimum Gasteiger partial charge on any atom is -0.378 e. The monoisotopic (exact) mass is 347 g/mol. The number of carbonyl (C=O) groups excluding carboxylic acids is 1. The Balaban J connectivity index is 1.52. The number of nitrogens with zero attached hydrogens (tertiary/aromatic N) is 4. The summed E-state index contributed by atoms with van der Waals surface area (Å²) in [7, 11) is 1.79. The van der Waals surface area contributed by atoms with Crippen LogP contribution in [0.1, 0.15) is 21.7 Å². The van der Waals surface area contributed by atoms with Crippen molar-refractivity contribution >= 4 is 11.6 Å². The molecule has 0 aliphatic carbocycles. The lowest BCUT2D eigenvalue weighted by molar-refractivity contribution is 0.0791. The molecule has 0 aliphatic heterocycles. The first-order valence-corrected chi connectivity index (χ1v) is 8.46. The maximum absolute atomic E-state index is 12.5. The molecule has 0 saturated carbocycles. The number of rotatable bonds is 7. The molecule has 0 radical (unpaired) electrons. The fourth-order valence-electron chi connectivity index (χ4n) is 2.46. The Bertz CT molecular complexity index is 822. The molecule has 6 heteroatoms. The molecule has 26 heavy (non-hydrogen) atoms. The molecule has 3 heterocycles. The van der Waals surface area contributed by atoms with E-state index in [2.05, 4.69) is 20.3 Å². The maximum atomic E-state index is 12.5. The first-order chi connectivity index (χ1) is 12.7. The van der Waals surface area contributed by atoms with Crippen LogP contribution in [0.3, 0.4) is 0 Å². The van der Waals surface area contributed by atoms with Gasteiger partial charge in [-0.25, -0.2) is 4.98 Å². The van der Waals surface area contributed by atoms with Crippen LogP contribution in [0, 0.1) is 0 Å². The third-order valence-corrected chi connectivity index (χ3v) is 4.01. The summed E-state index contributed by atoms with van der Waals surface area (Å²) in [4.78, 5) is 26.7. The summed E-state index contributed by atoms with van der Waals surface area (Å²) in [5.74, 6) is -0.0877. The second kappa shape index (κ2) is 8.71. The Morgan fingerprint density at radius 3 is 2.58 bits per heavy atom. The lowest BCUT2D eigenvalue weighted by atomic mass is 10.2. The average Bonchev–Trinajstić information content (AvgIpc) is 2.72. The third-order valence-electron chi connectivity index (χ3n) is 4.01. The number of carbonyl (C=O) groups is 1. The van der Waals surface area contributed by atoms with Gasteiger partial charge >= 0.3 is 0 Å². The van der Waals surface area contributed by atoms with Gasteiger partial charge in [-0.3, -0.25) is 14.8 Å². The number of anilines is 1. The first kappa shape index (κ1) is 17.5. The summed E-state index contributed by atoms with van der Waals surface area (Å²) in [6.45, 7) is 1.24. The predicted octanol–water partition coefficient (Wildman–Crippen LogP) is 2.80. The van der Waals surface area contributed by atoms with Crippen LogP contribution in [0.25, 0.3) is 0 Å². The smallest absolute Gasteiger partial charge is 0.272 e. The van der Waals surface area contributed by atoms with Crippen molar-refractivity contribution < 1.29 is 4.79 Å². The van der Waals surface area contributed by atoms with Gasteiger partial charge in [-0.1, -0.05) is 6.07 Å². The highest BCUT2D eigenvalue weighted by Gasteiger charge is 2.13. The molecule has 0 unspecified atom stereocenters. The van der Waals surface area contributed by atoms with E-state index in [1.165, 1.54) is 0 Å². The van der Waals surface area contributed by atoms with Crippen LogP contribution in [-0.4, -0.2) is 39.4 Å². The summed E-state index contributed by atoms with van der Waals surface area (Å²) in [5.41, 5.74) is 3.39. The van der Waals surface area contributed by atoms with Crippen LogP contribution in [0.2, 0.25) is 0 Å². The largest absolute Gasteiger partial charge is 0.378 e. The summed E-state index contributed by atoms with van der Waals surface area (Å²) in [6, 6.07) is 13.3. The molecule has 0 fully saturated rings. The summed E-state index contributed by atoms with van der Waals surface area (Å²) in [6.07, 6.45) is 7.74. The van der Waals surface area contributed by atoms with Gasteiger partial charge in [-0.2, -0.15) is 0 Å². The molecule has 132 valence electrons. The number of likely N-dealkylation sites (N-methyl/N-ethyl adjacent to an activating group) is 1. The molecule has 3 aromatic rings. The number of amides is 1. The van der Waals surface area contributed by atoms with Crippen LogP contribution in [0.5, 0.6) is 0 Å². The van der Waals surface area contributed by atoms with Crippen LogP contribution in [0.15, 0.2) is 67.3 Å². The van der Waals surface area contributed by atoms with Gasteiger partial charge in [0.15, 0.2) is 0 Å². The molecule has 3 aromatic heterocycles. The highest BCUT2D eigenvalue weighted by atomic mass is 16.2. The van der Waals surface area contributed by atoms with Crippen molar-refractivity contribution in [1.29, 1.82) is 0 Å². The van der Waals surface area contributed by atoms with E-state index in [0.29, 0.717) is 18.8 Å². The quantitative estimate of drug-likeness (QED) is 0.712. The summed E-state index contributed by atoms with van der Waals surface area (Å²) in [5, 5.41) is 3.25. The van der Waals surface area contributed by atoms with Gasteiger partial charge in [0.2, 0.25) is 0 Å². The number of nitrogens with one attached hydrogen (secondary N) is 1. The average molecular weight is 347 g/mol. The first-order valence-electron chi connectivity index (χ1n) is 8.46. The number of aromatic nitrogens is 3. The van der Waals surface area contributed by atoms with E-state index in [1.54, 1.807) is 42.8 Å². The number of hydrogen-bond acceptors (Lipinski definition) is 5. The molecule has 0 aliphatic rings. The van der Waals surface area contributed by atoms with E-state index in [0.717, 1.165) is 23.4 Å². The van der Waals surface area contributed by atoms with E-state index >= 15 is 0 Å². The zero-order chi connectivity index (χ0) is 18.2. The predicted molar refractivity (Wildman–Crippen MR) is 101 cm³/mol. The van der Waals surface area contributed by atoms with Gasteiger partial charge in [-0.05, 0) is 48.4 Å². The van der Waals surface area contributed by atoms with Crippen molar-refractivity contribution in [2.24, 2.45) is 0 Å². The maximum Gasteiger partial charge on any atom is 0.272 e. The molecular weight excluding hydrogens is 326 g/mol. The van der Waals surface area contributed by atoms with Crippen molar-refractivity contribution in [2.45, 2.75) is 13.0 Å². The lowest BCUT2D eigenvalue weighted by Gasteiger charge is -2.17. The van der Waals surface area contributed by atoms with Crippen molar-refractivity contribution in [2.75, 3.05) is 18.9 Å². The molecular formula is C20H21N5O. The minimum atomic E-state index is -0.0877. The molecule has 0 saturated heterocycles. The fourth-order valence-corrected chi connectivity index (χ4v) is 2.46. The van der Waals surface area contributed by atoms with Gasteiger partial charge in [0.05, 0.1) is 24.1 Å². The van der Waals surface area contributed by atoms with E-state index in [-0.39, 0.29) is 5.91 Å². The van der Waals surface area contributed by atoms with Crippen LogP contribution in [-0.2, 0) is 13.0 Å². The Morgan fingerprint density at radius 2 is 1.88 bits per heavy atom. The zero-order valence-corrected chi connectivity index (χ0v) is 14.7. The zero-order valence-electron chi connectivity index (χ0n) is 14.7. The standard InChI is InChI=1S/C20H21N5O/c1-25(13-9-16-7-11-21-12-8-16)20(26)19-6-5-18(15-24-19)23-14-17-4-2-3-10-22-17/h2-8,10-12,15,23H,9,13-14H2,1H3. The number of hydrogen-bond donors (Lipinski definition) is 1. The van der Waals surface area contributed by atoms with E-state index in [1.807, 2.05) is 36.4 Å². The minimum absolute atomic E-state index is 0.0877. The van der Waals surface area contributed by atoms with Crippen molar-refractivity contribution in [3.63, 3.8) is 0 Å². The van der Waals surface area contributed by atoms with Crippen LogP contribution < -0.4 is 5.32 Å². The van der Waals surface area contributed by atoms with Crippen LogP contribution in [0.4, 0.5) is 5.69 Å². The van der Waals surface area contributed by atoms with Gasteiger partial charge in [0, 0.05) is 32.2 Å². The second-order valence-electron chi connectivity index (χ2n) is 5.94. The summed E-state index contributed by atoms with van der Waals surface area (Å²) < 4.78 is 0. The Labute approximate surface area is 153 Å². The highest BCUT2D eigenvalue weighted by Crippen LogP contribution is 2.10. The van der Waals surface area contributed by atoms with E-state index < -0.39 is 0 Å². The molecule has 1 N–H and O–H groups in total. The Morgan fingerprint density at radius 1 is 1.04 bits per heavy atom. The van der Waals surface area contributed by atoms with Gasteiger partial charge in [0.1, 0.15) is 5.69 Å². The van der Waals surface area contributed by atoms with E-state index in [4.69, 9.17) is 0 Å². The van der Waals surface area contributed by atoms with Crippen molar-refractivity contribution in [1.82, 2.24) is 19.9 Å². The van der Waals surface area contributed by atoms with Gasteiger partial charge in [-0.15, -0.1) is 0 Å². The third kappa shape index (κ3) is 4.86. The Kier molecular flexibility index (Phi) is 5.88. The molecule has 0 spiro atoms. The van der Waals surface area contributed by atoms with Gasteiger partial charge in [0.25, 0.3) is 5.91 Å². The molecule has 0 aromatic carbocycles. The summed E-state index contributed by atoms with van der Waals surface area (Å²) >= 11 is 0.